The van der Waals surface area contributed by atoms with Crippen LogP contribution in [-0.4, -0.2) is 155 Å². The number of hydrogen-bond acceptors (Lipinski definition) is 22. The minimum atomic E-state index is -0.618. The molecule has 8 heterocycles. The molecule has 18 rings (SSSR count). The minimum Gasteiger partial charge on any atom is -0.464 e. The third kappa shape index (κ3) is 21.5. The van der Waals surface area contributed by atoms with Gasteiger partial charge in [-0.2, -0.15) is 30.0 Å². The normalized spacial score (nSPS) is 12.5. The van der Waals surface area contributed by atoms with Crippen molar-refractivity contribution >= 4 is 113 Å². The molecule has 128 heavy (non-hydrogen) atoms. The first-order chi connectivity index (χ1) is 62.7. The van der Waals surface area contributed by atoms with E-state index in [1.165, 1.54) is 65.1 Å². The van der Waals surface area contributed by atoms with Gasteiger partial charge in [0.1, 0.15) is 0 Å². The average Bonchev–Trinajstić information content (AvgIpc) is 1.14. The summed E-state index contributed by atoms with van der Waals surface area (Å²) in [5.41, 5.74) is 8.00. The van der Waals surface area contributed by atoms with E-state index in [0.717, 1.165) is 91.0 Å². The molecule has 0 atom stereocenters. The maximum Gasteiger partial charge on any atom is 0.358 e. The molecular formula is C96H90N22O10. The largest absolute Gasteiger partial charge is 0.464 e. The summed E-state index contributed by atoms with van der Waals surface area (Å²) in [6.07, 6.45) is 31.5. The molecule has 2 fully saturated rings. The number of rotatable bonds is 24. The van der Waals surface area contributed by atoms with E-state index < -0.39 is 11.9 Å². The third-order valence-electron chi connectivity index (χ3n) is 22.2. The van der Waals surface area contributed by atoms with Gasteiger partial charge < -0.3 is 41.4 Å². The lowest BCUT2D eigenvalue weighted by Gasteiger charge is -2.21. The van der Waals surface area contributed by atoms with Crippen molar-refractivity contribution in [2.75, 3.05) is 48.6 Å². The van der Waals surface area contributed by atoms with Crippen LogP contribution in [0.2, 0.25) is 0 Å². The summed E-state index contributed by atoms with van der Waals surface area (Å²) in [7, 11) is 2.54. The van der Waals surface area contributed by atoms with Gasteiger partial charge in [0.15, 0.2) is 22.8 Å². The molecule has 0 radical (unpaired) electrons. The predicted octanol–water partition coefficient (Wildman–Crippen LogP) is 14.7. The Morgan fingerprint density at radius 3 is 0.875 bits per heavy atom. The molecule has 0 aliphatic heterocycles. The number of pyridine rings is 4. The second-order valence-corrected chi connectivity index (χ2v) is 30.4. The van der Waals surface area contributed by atoms with Gasteiger partial charge in [0, 0.05) is 72.5 Å². The van der Waals surface area contributed by atoms with Crippen molar-refractivity contribution in [2.24, 2.45) is 11.8 Å². The number of fused-ring (bicyclic) bond motifs is 4. The standard InChI is InChI=1S/2C27H28N6O2.2C21H17N5O3/c34-26(23-13-12-20(18-33-16-15-30-32-33)21-9-4-5-10-22(21)23)31-24-11-6-14-28-25(24)27(35)29-17-19-7-2-1-3-8-19;34-26(23-13-12-20(18-33-30-15-16-31-33)21-9-4-5-10-22(21)23)32-24-11-6-14-28-25(24)27(35)29-17-19-7-2-1-3-8-19;1-29-21(28)19-18(7-4-10-22-19)24-20(27)17-9-8-14(13-26-12-11-23-25-26)15-5-2-3-6-16(15)17;1-29-21(28)19-18(7-4-10-22-19)25-20(27)17-9-8-14(13-26-23-11-12-24-26)15-5-2-3-6-16(15)17/h4-6,9-16,19H,1-3,7-8,17-18H2,(H,29,35)(H,31,34);4-6,9-16,19H,1-3,7-8,17-18H2,(H,29,35)(H,32,34);2-12H,13H2,1H3,(H,24,27);2-12H,13H2,1H3,(H,25,27). The Bertz CT molecular complexity index is 6220. The van der Waals surface area contributed by atoms with E-state index in [-0.39, 0.29) is 58.2 Å². The summed E-state index contributed by atoms with van der Waals surface area (Å²) in [5, 5.41) is 56.8. The smallest absolute Gasteiger partial charge is 0.358 e. The molecule has 6 N–H and O–H groups in total. The Kier molecular flexibility index (Phi) is 28.6. The third-order valence-corrected chi connectivity index (χ3v) is 22.2. The maximum absolute atomic E-state index is 13.3. The van der Waals surface area contributed by atoms with Crippen molar-refractivity contribution in [3.8, 4) is 0 Å². The second-order valence-electron chi connectivity index (χ2n) is 30.4. The van der Waals surface area contributed by atoms with Crippen LogP contribution >= 0.6 is 0 Å². The number of carbonyl (C=O) groups excluding carboxylic acids is 8. The summed E-state index contributed by atoms with van der Waals surface area (Å²) in [5.74, 6) is -2.01. The molecule has 32 heteroatoms. The molecule has 0 spiro atoms. The van der Waals surface area contributed by atoms with Crippen LogP contribution in [0.3, 0.4) is 0 Å². The van der Waals surface area contributed by atoms with Crippen LogP contribution < -0.4 is 31.9 Å². The zero-order valence-electron chi connectivity index (χ0n) is 70.1. The number of amides is 6. The van der Waals surface area contributed by atoms with Crippen LogP contribution in [0, 0.1) is 11.8 Å². The van der Waals surface area contributed by atoms with Crippen LogP contribution in [0.15, 0.2) is 268 Å². The summed E-state index contributed by atoms with van der Waals surface area (Å²) in [6, 6.07) is 58.9. The van der Waals surface area contributed by atoms with Crippen LogP contribution in [0.5, 0.6) is 0 Å². The molecule has 6 amide bonds. The van der Waals surface area contributed by atoms with E-state index >= 15 is 0 Å². The summed E-state index contributed by atoms with van der Waals surface area (Å²) in [4.78, 5) is 122. The topological polar surface area (TPSA) is 402 Å². The molecule has 16 aromatic rings. The van der Waals surface area contributed by atoms with Crippen LogP contribution in [-0.2, 0) is 35.7 Å². The Labute approximate surface area is 734 Å². The lowest BCUT2D eigenvalue weighted by molar-refractivity contribution is 0.0586. The number of ether oxygens (including phenoxy) is 2. The number of benzene rings is 8. The number of aromatic nitrogens is 16. The van der Waals surface area contributed by atoms with Crippen LogP contribution in [0.4, 0.5) is 22.7 Å². The van der Waals surface area contributed by atoms with Crippen LogP contribution in [0.1, 0.15) is 170 Å². The van der Waals surface area contributed by atoms with E-state index in [1.807, 2.05) is 127 Å². The first kappa shape index (κ1) is 86.7. The quantitative estimate of drug-likeness (QED) is 0.0306. The fraction of sp³-hybridized carbons (Fsp3) is 0.208. The Balaban J connectivity index is 0.000000132. The second kappa shape index (κ2) is 42.2. The number of hydrogen-bond donors (Lipinski definition) is 6. The highest BCUT2D eigenvalue weighted by atomic mass is 16.5. The van der Waals surface area contributed by atoms with Crippen molar-refractivity contribution in [3.05, 3.63) is 336 Å². The molecule has 8 aromatic carbocycles. The highest BCUT2D eigenvalue weighted by Gasteiger charge is 2.26. The number of nitrogens with zero attached hydrogens (tertiary/aromatic N) is 16. The van der Waals surface area contributed by atoms with Gasteiger partial charge in [-0.15, -0.1) is 10.2 Å². The summed E-state index contributed by atoms with van der Waals surface area (Å²) in [6.45, 7) is 3.36. The molecule has 2 saturated carbocycles. The first-order valence-electron chi connectivity index (χ1n) is 41.9. The Morgan fingerprint density at radius 2 is 0.586 bits per heavy atom. The number of nitrogens with one attached hydrogen (secondary N) is 6. The number of anilines is 4. The Hall–Kier alpha value is -16.3. The lowest BCUT2D eigenvalue weighted by Crippen LogP contribution is -2.31. The van der Waals surface area contributed by atoms with Gasteiger partial charge in [-0.3, -0.25) is 28.8 Å². The van der Waals surface area contributed by atoms with E-state index in [0.29, 0.717) is 96.1 Å². The van der Waals surface area contributed by atoms with Crippen molar-refractivity contribution in [1.82, 2.24) is 90.5 Å². The highest BCUT2D eigenvalue weighted by Crippen LogP contribution is 2.32. The molecule has 2 aliphatic carbocycles. The van der Waals surface area contributed by atoms with Gasteiger partial charge in [-0.1, -0.05) is 170 Å². The molecule has 0 bridgehead atoms. The van der Waals surface area contributed by atoms with Gasteiger partial charge >= 0.3 is 11.9 Å². The van der Waals surface area contributed by atoms with Gasteiger partial charge in [0.2, 0.25) is 0 Å². The summed E-state index contributed by atoms with van der Waals surface area (Å²) < 4.78 is 12.9. The first-order valence-corrected chi connectivity index (χ1v) is 41.9. The van der Waals surface area contributed by atoms with Crippen molar-refractivity contribution in [3.63, 3.8) is 0 Å². The van der Waals surface area contributed by atoms with E-state index in [1.54, 1.807) is 148 Å². The predicted molar refractivity (Wildman–Crippen MR) is 482 cm³/mol. The molecule has 32 nitrogen and oxygen atoms in total. The maximum atomic E-state index is 13.3. The number of esters is 2. The Morgan fingerprint density at radius 1 is 0.305 bits per heavy atom. The molecular weight excluding hydrogens is 1620 g/mol. The lowest BCUT2D eigenvalue weighted by atomic mass is 9.89. The van der Waals surface area contributed by atoms with Gasteiger partial charge in [0.05, 0.1) is 100 Å². The molecule has 8 aromatic heterocycles. The monoisotopic (exact) mass is 1710 g/mol. The van der Waals surface area contributed by atoms with Crippen molar-refractivity contribution in [1.29, 1.82) is 0 Å². The average molecular weight is 1710 g/mol. The fourth-order valence-electron chi connectivity index (χ4n) is 15.8. The SMILES string of the molecule is COC(=O)c1ncccc1NC(=O)c1ccc(Cn2ccnn2)c2ccccc12.COC(=O)c1ncccc1NC(=O)c1ccc(Cn2nccn2)c2ccccc12.O=C(NCC1CCCCC1)c1ncccc1NC(=O)c1ccc(Cn2ccnn2)c2ccccc12.O=C(NCC1CCCCC1)c1ncccc1NC(=O)c1ccc(Cn2nccn2)c2ccccc12. The van der Waals surface area contributed by atoms with Crippen LogP contribution in [0.25, 0.3) is 43.1 Å². The van der Waals surface area contributed by atoms with E-state index in [4.69, 9.17) is 9.47 Å². The highest BCUT2D eigenvalue weighted by molar-refractivity contribution is 6.18. The van der Waals surface area contributed by atoms with E-state index in [2.05, 4.69) is 92.9 Å². The minimum absolute atomic E-state index is 0.0500. The van der Waals surface area contributed by atoms with Gasteiger partial charge in [-0.25, -0.2) is 38.9 Å². The summed E-state index contributed by atoms with van der Waals surface area (Å²) >= 11 is 0. The molecule has 0 unspecified atom stereocenters. The van der Waals surface area contributed by atoms with E-state index in [9.17, 15) is 38.4 Å². The fourth-order valence-corrected chi connectivity index (χ4v) is 15.8. The zero-order valence-corrected chi connectivity index (χ0v) is 70.1. The zero-order chi connectivity index (χ0) is 88.5. The molecule has 0 saturated heterocycles. The van der Waals surface area contributed by atoms with Gasteiger partial charge in [0.25, 0.3) is 35.4 Å². The van der Waals surface area contributed by atoms with Crippen molar-refractivity contribution in [2.45, 2.75) is 90.4 Å². The molecule has 2 aliphatic rings. The van der Waals surface area contributed by atoms with Gasteiger partial charge in [-0.05, 0) is 176 Å². The number of methoxy groups -OCH3 is 2. The molecule has 644 valence electrons. The van der Waals surface area contributed by atoms with Crippen molar-refractivity contribution < 1.29 is 47.8 Å². The number of carbonyl (C=O) groups is 8.